The number of ether oxygens (including phenoxy) is 3. The van der Waals surface area contributed by atoms with Gasteiger partial charge in [-0.05, 0) is 66.6 Å². The van der Waals surface area contributed by atoms with Gasteiger partial charge in [0.25, 0.3) is 0 Å². The van der Waals surface area contributed by atoms with E-state index in [1.54, 1.807) is 48.5 Å². The fraction of sp³-hybridized carbons (Fsp3) is 0.432. The maximum atomic E-state index is 13.3. The number of oxazole rings is 1. The number of pyridine rings is 1. The van der Waals surface area contributed by atoms with Crippen LogP contribution in [-0.4, -0.2) is 83.6 Å². The van der Waals surface area contributed by atoms with E-state index in [9.17, 15) is 30.0 Å². The summed E-state index contributed by atoms with van der Waals surface area (Å²) in [5, 5.41) is 38.0. The van der Waals surface area contributed by atoms with Crippen LogP contribution in [0.1, 0.15) is 70.2 Å². The van der Waals surface area contributed by atoms with Gasteiger partial charge in [0, 0.05) is 47.8 Å². The van der Waals surface area contributed by atoms with E-state index in [-0.39, 0.29) is 90.2 Å². The summed E-state index contributed by atoms with van der Waals surface area (Å²) in [5.41, 5.74) is 19.6. The Morgan fingerprint density at radius 2 is 1.49 bits per heavy atom. The summed E-state index contributed by atoms with van der Waals surface area (Å²) in [4.78, 5) is 47.1. The number of carbonyl (C=O) groups is 3. The van der Waals surface area contributed by atoms with Crippen LogP contribution in [0.4, 0.5) is 5.82 Å². The van der Waals surface area contributed by atoms with Crippen molar-refractivity contribution in [2.45, 2.75) is 88.6 Å². The molecule has 4 atom stereocenters. The molecule has 0 aliphatic heterocycles. The van der Waals surface area contributed by atoms with Crippen molar-refractivity contribution < 1.29 is 38.1 Å². The molecule has 17 nitrogen and oxygen atoms in total. The van der Waals surface area contributed by atoms with Gasteiger partial charge >= 0.3 is 5.97 Å². The zero-order valence-corrected chi connectivity index (χ0v) is 37.2. The number of aliphatic hydroxyl groups excluding tert-OH is 1. The molecular formula is C44H54ClN9O8S. The number of nitrogens with zero attached hydrogens (tertiary/aromatic N) is 4. The van der Waals surface area contributed by atoms with Crippen LogP contribution in [0.5, 0.6) is 5.75 Å². The number of benzene rings is 2. The Morgan fingerprint density at radius 1 is 0.873 bits per heavy atom. The highest BCUT2D eigenvalue weighted by molar-refractivity contribution is 7.98. The van der Waals surface area contributed by atoms with Crippen molar-refractivity contribution in [2.75, 3.05) is 32.0 Å². The lowest BCUT2D eigenvalue weighted by Gasteiger charge is -2.29. The van der Waals surface area contributed by atoms with Crippen LogP contribution < -0.4 is 32.6 Å². The number of nitrogens with one attached hydrogen (secondary N) is 2. The fourth-order valence-electron chi connectivity index (χ4n) is 6.28. The molecule has 2 aromatic heterocycles. The number of amides is 2. The Balaban J connectivity index is 1.55. The Hall–Kier alpha value is -5.73. The summed E-state index contributed by atoms with van der Waals surface area (Å²) in [6.07, 6.45) is -0.361. The summed E-state index contributed by atoms with van der Waals surface area (Å²) in [6, 6.07) is 16.0. The summed E-state index contributed by atoms with van der Waals surface area (Å²) in [7, 11) is 0. The van der Waals surface area contributed by atoms with E-state index in [0.717, 1.165) is 5.56 Å². The summed E-state index contributed by atoms with van der Waals surface area (Å²) >= 11 is 7.22. The van der Waals surface area contributed by atoms with Crippen molar-refractivity contribution in [2.24, 2.45) is 23.3 Å². The van der Waals surface area contributed by atoms with Gasteiger partial charge < -0.3 is 51.6 Å². The van der Waals surface area contributed by atoms with E-state index in [0.29, 0.717) is 40.8 Å². The van der Waals surface area contributed by atoms with Crippen molar-refractivity contribution in [1.82, 2.24) is 20.6 Å². The van der Waals surface area contributed by atoms with Crippen LogP contribution in [0.2, 0.25) is 5.02 Å². The van der Waals surface area contributed by atoms with Crippen LogP contribution in [0.25, 0.3) is 22.6 Å². The van der Waals surface area contributed by atoms with Crippen LogP contribution in [0, 0.1) is 34.5 Å². The first kappa shape index (κ1) is 49.9. The van der Waals surface area contributed by atoms with E-state index in [1.807, 2.05) is 27.7 Å². The predicted molar refractivity (Wildman–Crippen MR) is 237 cm³/mol. The summed E-state index contributed by atoms with van der Waals surface area (Å²) < 4.78 is 23.4. The number of hydrogen-bond donors (Lipinski definition) is 6. The number of nitriles is 2. The lowest BCUT2D eigenvalue weighted by atomic mass is 9.97. The predicted octanol–water partition coefficient (Wildman–Crippen LogP) is 5.06. The number of aliphatic hydroxyl groups is 1. The number of halogens is 1. The number of anilines is 1. The quantitative estimate of drug-likeness (QED) is 0.0304. The van der Waals surface area contributed by atoms with Gasteiger partial charge in [-0.15, -0.1) is 0 Å². The van der Waals surface area contributed by atoms with Gasteiger partial charge in [-0.3, -0.25) is 9.59 Å². The minimum absolute atomic E-state index is 0.0183. The average molecular weight is 904 g/mol. The Labute approximate surface area is 376 Å². The number of rotatable bonds is 24. The van der Waals surface area contributed by atoms with Gasteiger partial charge in [-0.1, -0.05) is 63.2 Å². The van der Waals surface area contributed by atoms with Crippen LogP contribution in [0.3, 0.4) is 0 Å². The Kier molecular flexibility index (Phi) is 19.6. The van der Waals surface area contributed by atoms with E-state index in [4.69, 9.17) is 47.4 Å². The van der Waals surface area contributed by atoms with E-state index in [2.05, 4.69) is 32.7 Å². The maximum Gasteiger partial charge on any atom is 0.328 e. The number of nitrogen functional groups attached to an aromatic ring is 1. The average Bonchev–Trinajstić information content (AvgIpc) is 3.72. The van der Waals surface area contributed by atoms with Crippen LogP contribution in [-0.2, 0) is 29.6 Å². The molecule has 4 unspecified atom stereocenters. The second-order valence-corrected chi connectivity index (χ2v) is 16.7. The molecule has 0 aliphatic rings. The second kappa shape index (κ2) is 24.8. The van der Waals surface area contributed by atoms with Crippen molar-refractivity contribution in [3.63, 3.8) is 0 Å². The van der Waals surface area contributed by atoms with Gasteiger partial charge in [-0.25, -0.2) is 14.8 Å². The molecule has 0 fully saturated rings. The molecule has 0 saturated heterocycles. The Morgan fingerprint density at radius 3 is 2.10 bits per heavy atom. The lowest BCUT2D eigenvalue weighted by molar-refractivity contribution is -0.183. The number of thioether (sulfide) groups is 1. The number of hydrogen-bond acceptors (Lipinski definition) is 16. The molecule has 9 N–H and O–H groups in total. The standard InChI is InChI=1S/C44H54ClN9O8S/c1-25(2)17-35(52-37(55)13-15-46)43(57)61-23-32(62-44(58)36(18-26(3)4)53-38(56)14-16-47)22-59-31-11-7-27(8-12-31)39-33(19-48)40(50)54-42(34(39)20-49)63-24-30-21-60-41(51-30)28-5-9-29(45)10-6-28/h5-12,21,25-26,32,35-36,44,58H,13-18,22-24,46-47H2,1-4H3,(H2,50,54)(H,52,55)(H,53,56). The molecule has 336 valence electrons. The molecule has 4 rings (SSSR count). The zero-order chi connectivity index (χ0) is 46.1. The SMILES string of the molecule is CC(C)CC(NC(=O)CCN)C(=O)OCC(COc1ccc(-c2c(C#N)c(N)nc(SCc3coc(-c4ccc(Cl)cc4)n3)c2C#N)cc1)OC(O)C(CC(C)C)NC(=O)CCN. The van der Waals surface area contributed by atoms with Crippen molar-refractivity contribution >= 4 is 47.0 Å². The molecule has 63 heavy (non-hydrogen) atoms. The first-order valence-electron chi connectivity index (χ1n) is 20.3. The van der Waals surface area contributed by atoms with Crippen LogP contribution >= 0.6 is 23.4 Å². The van der Waals surface area contributed by atoms with Gasteiger partial charge in [0.1, 0.15) is 65.9 Å². The van der Waals surface area contributed by atoms with Gasteiger partial charge in [0.15, 0.2) is 6.29 Å². The molecule has 2 heterocycles. The fourth-order valence-corrected chi connectivity index (χ4v) is 7.28. The first-order chi connectivity index (χ1) is 30.1. The molecule has 0 aliphatic carbocycles. The summed E-state index contributed by atoms with van der Waals surface area (Å²) in [6.45, 7) is 7.24. The molecule has 2 aromatic carbocycles. The molecular weight excluding hydrogens is 850 g/mol. The Bertz CT molecular complexity index is 2230. The maximum absolute atomic E-state index is 13.3. The minimum Gasteiger partial charge on any atom is -0.491 e. The highest BCUT2D eigenvalue weighted by atomic mass is 35.5. The third kappa shape index (κ3) is 15.2. The normalized spacial score (nSPS) is 13.1. The second-order valence-electron chi connectivity index (χ2n) is 15.3. The highest BCUT2D eigenvalue weighted by Gasteiger charge is 2.29. The molecule has 0 bridgehead atoms. The third-order valence-electron chi connectivity index (χ3n) is 9.22. The molecule has 0 spiro atoms. The third-order valence-corrected chi connectivity index (χ3v) is 10.5. The molecule has 19 heteroatoms. The van der Waals surface area contributed by atoms with E-state index >= 15 is 0 Å². The van der Waals surface area contributed by atoms with Crippen molar-refractivity contribution in [1.29, 1.82) is 10.5 Å². The lowest BCUT2D eigenvalue weighted by Crippen LogP contribution is -2.48. The monoisotopic (exact) mass is 903 g/mol. The van der Waals surface area contributed by atoms with Gasteiger partial charge in [0.05, 0.1) is 17.3 Å². The topological polar surface area (TPSA) is 288 Å². The first-order valence-corrected chi connectivity index (χ1v) is 21.7. The molecule has 4 aromatic rings. The molecule has 2 amide bonds. The summed E-state index contributed by atoms with van der Waals surface area (Å²) in [5.74, 6) is -0.443. The van der Waals surface area contributed by atoms with Gasteiger partial charge in [-0.2, -0.15) is 10.5 Å². The molecule has 0 saturated carbocycles. The van der Waals surface area contributed by atoms with Crippen molar-refractivity contribution in [3.8, 4) is 40.5 Å². The smallest absolute Gasteiger partial charge is 0.328 e. The van der Waals surface area contributed by atoms with Gasteiger partial charge in [0.2, 0.25) is 17.7 Å². The van der Waals surface area contributed by atoms with Crippen LogP contribution in [0.15, 0.2) is 64.2 Å². The highest BCUT2D eigenvalue weighted by Crippen LogP contribution is 2.37. The number of nitrogens with two attached hydrogens (primary N) is 3. The zero-order valence-electron chi connectivity index (χ0n) is 35.6. The van der Waals surface area contributed by atoms with Crippen molar-refractivity contribution in [3.05, 3.63) is 76.6 Å². The van der Waals surface area contributed by atoms with E-state index < -0.39 is 36.4 Å². The largest absolute Gasteiger partial charge is 0.491 e. The molecule has 0 radical (unpaired) electrons. The number of aromatic nitrogens is 2. The number of carbonyl (C=O) groups excluding carboxylic acids is 3. The minimum atomic E-state index is -1.53. The number of esters is 1. The van der Waals surface area contributed by atoms with E-state index in [1.165, 1.54) is 18.0 Å².